The molecule has 3 rings (SSSR count). The van der Waals surface area contributed by atoms with Crippen LogP contribution in [-0.2, 0) is 11.2 Å². The second kappa shape index (κ2) is 4.85. The maximum absolute atomic E-state index is 11.7. The topological polar surface area (TPSA) is 38.8 Å². The zero-order valence-corrected chi connectivity index (χ0v) is 11.4. The zero-order chi connectivity index (χ0) is 13.4. The van der Waals surface area contributed by atoms with Crippen LogP contribution in [0.1, 0.15) is 30.0 Å². The quantitative estimate of drug-likeness (QED) is 0.816. The normalized spacial score (nSPS) is 22.6. The lowest BCUT2D eigenvalue weighted by Crippen LogP contribution is -2.41. The predicted molar refractivity (Wildman–Crippen MR) is 71.8 cm³/mol. The fourth-order valence-corrected chi connectivity index (χ4v) is 3.28. The molecule has 1 unspecified atom stereocenters. The molecule has 0 aromatic heterocycles. The Hall–Kier alpha value is -1.55. The van der Waals surface area contributed by atoms with Crippen LogP contribution in [0.4, 0.5) is 0 Å². The smallest absolute Gasteiger partial charge is 0.164 e. The molecule has 2 aliphatic heterocycles. The van der Waals surface area contributed by atoms with Gasteiger partial charge in [0.1, 0.15) is 5.78 Å². The number of fused-ring (bicyclic) bond motifs is 3. The summed E-state index contributed by atoms with van der Waals surface area (Å²) >= 11 is 0. The SMILES string of the molecule is COc1ccc2c(c1OC)CCN1CCC(=O)CC21. The molecule has 4 nitrogen and oxygen atoms in total. The second-order valence-electron chi connectivity index (χ2n) is 5.16. The van der Waals surface area contributed by atoms with Crippen molar-refractivity contribution >= 4 is 5.78 Å². The number of ketones is 1. The van der Waals surface area contributed by atoms with Gasteiger partial charge in [0.15, 0.2) is 11.5 Å². The molecule has 1 fully saturated rings. The van der Waals surface area contributed by atoms with Gasteiger partial charge in [0.05, 0.1) is 14.2 Å². The summed E-state index contributed by atoms with van der Waals surface area (Å²) in [5, 5.41) is 0. The first-order valence-corrected chi connectivity index (χ1v) is 6.74. The van der Waals surface area contributed by atoms with Gasteiger partial charge in [0, 0.05) is 37.5 Å². The molecule has 4 heteroatoms. The Bertz CT molecular complexity index is 512. The lowest BCUT2D eigenvalue weighted by atomic mass is 9.86. The molecule has 1 saturated heterocycles. The minimum absolute atomic E-state index is 0.227. The highest BCUT2D eigenvalue weighted by Gasteiger charge is 2.34. The molecule has 2 heterocycles. The van der Waals surface area contributed by atoms with Gasteiger partial charge in [-0.1, -0.05) is 6.07 Å². The van der Waals surface area contributed by atoms with Gasteiger partial charge in [-0.15, -0.1) is 0 Å². The maximum atomic E-state index is 11.7. The van der Waals surface area contributed by atoms with E-state index >= 15 is 0 Å². The van der Waals surface area contributed by atoms with Gasteiger partial charge in [-0.3, -0.25) is 9.69 Å². The number of ether oxygens (including phenoxy) is 2. The first-order chi connectivity index (χ1) is 9.24. The van der Waals surface area contributed by atoms with Crippen LogP contribution in [0.2, 0.25) is 0 Å². The molecule has 19 heavy (non-hydrogen) atoms. The van der Waals surface area contributed by atoms with E-state index < -0.39 is 0 Å². The van der Waals surface area contributed by atoms with Crippen molar-refractivity contribution in [1.29, 1.82) is 0 Å². The van der Waals surface area contributed by atoms with Crippen LogP contribution in [0.5, 0.6) is 11.5 Å². The molecule has 0 N–H and O–H groups in total. The number of hydrogen-bond donors (Lipinski definition) is 0. The summed E-state index contributed by atoms with van der Waals surface area (Å²) in [5.74, 6) is 1.97. The number of benzene rings is 1. The molecule has 1 aromatic rings. The van der Waals surface area contributed by atoms with E-state index in [-0.39, 0.29) is 6.04 Å². The monoisotopic (exact) mass is 261 g/mol. The Kier molecular flexibility index (Phi) is 3.19. The number of methoxy groups -OCH3 is 2. The summed E-state index contributed by atoms with van der Waals surface area (Å²) in [6.07, 6.45) is 2.28. The maximum Gasteiger partial charge on any atom is 0.164 e. The van der Waals surface area contributed by atoms with Crippen molar-refractivity contribution in [2.75, 3.05) is 27.3 Å². The molecule has 0 saturated carbocycles. The van der Waals surface area contributed by atoms with E-state index in [0.717, 1.165) is 31.0 Å². The Balaban J connectivity index is 2.05. The minimum atomic E-state index is 0.227. The molecular weight excluding hydrogens is 242 g/mol. The van der Waals surface area contributed by atoms with Gasteiger partial charge < -0.3 is 9.47 Å². The van der Waals surface area contributed by atoms with Crippen LogP contribution >= 0.6 is 0 Å². The Morgan fingerprint density at radius 2 is 1.95 bits per heavy atom. The van der Waals surface area contributed by atoms with Crippen LogP contribution in [0.25, 0.3) is 0 Å². The van der Waals surface area contributed by atoms with Crippen molar-refractivity contribution in [2.24, 2.45) is 0 Å². The first kappa shape index (κ1) is 12.5. The number of Topliss-reactive ketones (excluding diaryl/α,β-unsaturated/α-hetero) is 1. The molecule has 0 aliphatic carbocycles. The van der Waals surface area contributed by atoms with E-state index in [2.05, 4.69) is 11.0 Å². The van der Waals surface area contributed by atoms with Crippen LogP contribution in [0.15, 0.2) is 12.1 Å². The number of nitrogens with zero attached hydrogens (tertiary/aromatic N) is 1. The molecule has 0 bridgehead atoms. The van der Waals surface area contributed by atoms with E-state index in [0.29, 0.717) is 18.6 Å². The van der Waals surface area contributed by atoms with Crippen molar-refractivity contribution in [2.45, 2.75) is 25.3 Å². The summed E-state index contributed by atoms with van der Waals surface area (Å²) in [7, 11) is 3.33. The average Bonchev–Trinajstić information content (AvgIpc) is 2.45. The highest BCUT2D eigenvalue weighted by Crippen LogP contribution is 2.42. The molecule has 1 atom stereocenters. The van der Waals surface area contributed by atoms with E-state index in [9.17, 15) is 4.79 Å². The summed E-state index contributed by atoms with van der Waals surface area (Å²) < 4.78 is 10.9. The Morgan fingerprint density at radius 3 is 2.68 bits per heavy atom. The highest BCUT2D eigenvalue weighted by molar-refractivity contribution is 5.80. The average molecular weight is 261 g/mol. The summed E-state index contributed by atoms with van der Waals surface area (Å²) in [6, 6.07) is 4.26. The second-order valence-corrected chi connectivity index (χ2v) is 5.16. The van der Waals surface area contributed by atoms with Gasteiger partial charge in [-0.25, -0.2) is 0 Å². The predicted octanol–water partition coefficient (Wildman–Crippen LogP) is 1.97. The van der Waals surface area contributed by atoms with Gasteiger partial charge in [-0.2, -0.15) is 0 Å². The fourth-order valence-electron chi connectivity index (χ4n) is 3.28. The van der Waals surface area contributed by atoms with Gasteiger partial charge in [0.2, 0.25) is 0 Å². The standard InChI is InChI=1S/C15H19NO3/c1-18-14-4-3-11-12(15(14)19-2)6-8-16-7-5-10(17)9-13(11)16/h3-4,13H,5-9H2,1-2H3. The number of rotatable bonds is 2. The van der Waals surface area contributed by atoms with Crippen molar-refractivity contribution in [1.82, 2.24) is 4.90 Å². The summed E-state index contributed by atoms with van der Waals surface area (Å²) in [4.78, 5) is 14.1. The van der Waals surface area contributed by atoms with Gasteiger partial charge in [-0.05, 0) is 18.1 Å². The summed E-state index contributed by atoms with van der Waals surface area (Å²) in [5.41, 5.74) is 2.44. The minimum Gasteiger partial charge on any atom is -0.493 e. The molecule has 0 amide bonds. The molecule has 1 aromatic carbocycles. The van der Waals surface area contributed by atoms with E-state index in [1.165, 1.54) is 11.1 Å². The third-order valence-electron chi connectivity index (χ3n) is 4.23. The van der Waals surface area contributed by atoms with Gasteiger partial charge >= 0.3 is 0 Å². The van der Waals surface area contributed by atoms with Crippen LogP contribution in [0.3, 0.4) is 0 Å². The Labute approximate surface area is 113 Å². The third kappa shape index (κ3) is 2.00. The van der Waals surface area contributed by atoms with Crippen molar-refractivity contribution in [3.63, 3.8) is 0 Å². The van der Waals surface area contributed by atoms with Crippen molar-refractivity contribution in [3.8, 4) is 11.5 Å². The highest BCUT2D eigenvalue weighted by atomic mass is 16.5. The lowest BCUT2D eigenvalue weighted by Gasteiger charge is -2.40. The zero-order valence-electron chi connectivity index (χ0n) is 11.4. The fraction of sp³-hybridized carbons (Fsp3) is 0.533. The van der Waals surface area contributed by atoms with Crippen molar-refractivity contribution in [3.05, 3.63) is 23.3 Å². The van der Waals surface area contributed by atoms with E-state index in [1.54, 1.807) is 14.2 Å². The number of carbonyl (C=O) groups excluding carboxylic acids is 1. The first-order valence-electron chi connectivity index (χ1n) is 6.74. The largest absolute Gasteiger partial charge is 0.493 e. The number of hydrogen-bond acceptors (Lipinski definition) is 4. The van der Waals surface area contributed by atoms with Crippen molar-refractivity contribution < 1.29 is 14.3 Å². The summed E-state index contributed by atoms with van der Waals surface area (Å²) in [6.45, 7) is 1.88. The van der Waals surface area contributed by atoms with Gasteiger partial charge in [0.25, 0.3) is 0 Å². The molecule has 2 aliphatic rings. The molecule has 0 radical (unpaired) electrons. The van der Waals surface area contributed by atoms with E-state index in [4.69, 9.17) is 9.47 Å². The van der Waals surface area contributed by atoms with Crippen LogP contribution < -0.4 is 9.47 Å². The van der Waals surface area contributed by atoms with Crippen LogP contribution in [-0.4, -0.2) is 38.0 Å². The van der Waals surface area contributed by atoms with E-state index in [1.807, 2.05) is 6.07 Å². The third-order valence-corrected chi connectivity index (χ3v) is 4.23. The lowest BCUT2D eigenvalue weighted by molar-refractivity contribution is -0.123. The van der Waals surface area contributed by atoms with Crippen LogP contribution in [0, 0.1) is 0 Å². The molecule has 102 valence electrons. The Morgan fingerprint density at radius 1 is 1.16 bits per heavy atom. The molecule has 0 spiro atoms. The molecular formula is C15H19NO3. The number of piperidine rings is 1. The number of carbonyl (C=O) groups is 1.